The number of ether oxygens (including phenoxy) is 4. The Hall–Kier alpha value is -2.56. The zero-order valence-corrected chi connectivity index (χ0v) is 19.0. The van der Waals surface area contributed by atoms with Gasteiger partial charge in [0.05, 0.1) is 13.2 Å². The van der Waals surface area contributed by atoms with E-state index in [0.29, 0.717) is 26.1 Å². The van der Waals surface area contributed by atoms with E-state index in [1.165, 1.54) is 6.42 Å². The maximum Gasteiger partial charge on any atom is 0.168 e. The molecule has 0 bridgehead atoms. The summed E-state index contributed by atoms with van der Waals surface area (Å²) >= 11 is 0. The molecule has 0 heterocycles. The number of benzene rings is 2. The zero-order valence-electron chi connectivity index (χ0n) is 19.0. The molecule has 32 heavy (non-hydrogen) atoms. The Bertz CT molecular complexity index is 722. The van der Waals surface area contributed by atoms with Crippen molar-refractivity contribution in [1.29, 1.82) is 0 Å². The van der Waals surface area contributed by atoms with Gasteiger partial charge in [-0.25, -0.2) is 0 Å². The third kappa shape index (κ3) is 7.85. The average molecular weight is 437 g/mol. The lowest BCUT2D eigenvalue weighted by molar-refractivity contribution is -0.265. The van der Waals surface area contributed by atoms with Crippen molar-refractivity contribution in [2.24, 2.45) is 0 Å². The molecule has 0 N–H and O–H groups in total. The molecule has 3 rings (SSSR count). The van der Waals surface area contributed by atoms with E-state index in [1.54, 1.807) is 0 Å². The van der Waals surface area contributed by atoms with Gasteiger partial charge in [-0.05, 0) is 37.1 Å². The van der Waals surface area contributed by atoms with Crippen LogP contribution in [0.25, 0.3) is 0 Å². The fourth-order valence-electron chi connectivity index (χ4n) is 3.97. The molecule has 0 spiro atoms. The summed E-state index contributed by atoms with van der Waals surface area (Å²) in [5.41, 5.74) is 0. The smallest absolute Gasteiger partial charge is 0.168 e. The van der Waals surface area contributed by atoms with Gasteiger partial charge in [0.25, 0.3) is 0 Å². The number of rotatable bonds is 14. The monoisotopic (exact) mass is 436 g/mol. The molecule has 1 fully saturated rings. The summed E-state index contributed by atoms with van der Waals surface area (Å²) in [6.45, 7) is 8.66. The summed E-state index contributed by atoms with van der Waals surface area (Å²) < 4.78 is 25.2. The molecule has 1 aliphatic carbocycles. The fraction of sp³-hybridized carbons (Fsp3) is 0.429. The summed E-state index contributed by atoms with van der Waals surface area (Å²) in [6, 6.07) is 19.7. The second-order valence-corrected chi connectivity index (χ2v) is 8.25. The summed E-state index contributed by atoms with van der Waals surface area (Å²) in [7, 11) is 0. The molecule has 0 aliphatic heterocycles. The summed E-state index contributed by atoms with van der Waals surface area (Å²) in [5, 5.41) is 0. The predicted molar refractivity (Wildman–Crippen MR) is 129 cm³/mol. The molecular formula is C28H36O4. The molecule has 0 saturated heterocycles. The van der Waals surface area contributed by atoms with Crippen molar-refractivity contribution in [3.63, 3.8) is 0 Å². The molecule has 0 radical (unpaired) electrons. The Morgan fingerprint density at radius 1 is 0.688 bits per heavy atom. The van der Waals surface area contributed by atoms with Crippen molar-refractivity contribution < 1.29 is 18.9 Å². The highest BCUT2D eigenvalue weighted by Crippen LogP contribution is 2.34. The topological polar surface area (TPSA) is 36.9 Å². The Labute approximate surface area is 192 Å². The van der Waals surface area contributed by atoms with Gasteiger partial charge in [0.15, 0.2) is 5.79 Å². The molecule has 2 atom stereocenters. The molecule has 2 unspecified atom stereocenters. The Balaban J connectivity index is 1.61. The van der Waals surface area contributed by atoms with E-state index in [-0.39, 0.29) is 12.2 Å². The van der Waals surface area contributed by atoms with E-state index < -0.39 is 5.79 Å². The maximum absolute atomic E-state index is 6.46. The molecule has 4 heteroatoms. The van der Waals surface area contributed by atoms with Crippen LogP contribution in [0.5, 0.6) is 11.5 Å². The van der Waals surface area contributed by atoms with Crippen molar-refractivity contribution in [2.75, 3.05) is 13.2 Å². The standard InChI is InChI=1S/C28H36O4/c1-3-14-26(31-24-16-8-5-9-17-24)22-29-28(20-12-7-13-21-28)30-23-27(15-4-2)32-25-18-10-6-11-19-25/h3-6,8-11,16-19,26-27H,1-2,7,12-15,20-23H2. The third-order valence-corrected chi connectivity index (χ3v) is 5.63. The van der Waals surface area contributed by atoms with E-state index >= 15 is 0 Å². The summed E-state index contributed by atoms with van der Waals surface area (Å²) in [5.74, 6) is 1.07. The first-order valence-electron chi connectivity index (χ1n) is 11.7. The highest BCUT2D eigenvalue weighted by molar-refractivity contribution is 5.22. The van der Waals surface area contributed by atoms with Crippen LogP contribution in [-0.2, 0) is 9.47 Å². The molecule has 4 nitrogen and oxygen atoms in total. The Kier molecular flexibility index (Phi) is 9.86. The van der Waals surface area contributed by atoms with E-state index in [4.69, 9.17) is 18.9 Å². The van der Waals surface area contributed by atoms with Gasteiger partial charge in [0, 0.05) is 25.7 Å². The highest BCUT2D eigenvalue weighted by Gasteiger charge is 2.36. The lowest BCUT2D eigenvalue weighted by Crippen LogP contribution is -2.43. The van der Waals surface area contributed by atoms with Crippen LogP contribution in [0.2, 0.25) is 0 Å². The predicted octanol–water partition coefficient (Wildman–Crippen LogP) is 6.73. The lowest BCUT2D eigenvalue weighted by Gasteiger charge is -2.38. The second-order valence-electron chi connectivity index (χ2n) is 8.25. The molecule has 2 aromatic rings. The normalized spacial score (nSPS) is 17.1. The van der Waals surface area contributed by atoms with Crippen LogP contribution >= 0.6 is 0 Å². The van der Waals surface area contributed by atoms with Gasteiger partial charge in [0.1, 0.15) is 23.7 Å². The van der Waals surface area contributed by atoms with Gasteiger partial charge in [-0.15, -0.1) is 13.2 Å². The maximum atomic E-state index is 6.46. The van der Waals surface area contributed by atoms with Crippen molar-refractivity contribution in [3.05, 3.63) is 86.0 Å². The molecule has 1 aliphatic rings. The van der Waals surface area contributed by atoms with Crippen molar-refractivity contribution in [1.82, 2.24) is 0 Å². The van der Waals surface area contributed by atoms with E-state index in [1.807, 2.05) is 72.8 Å². The first-order valence-corrected chi connectivity index (χ1v) is 11.7. The van der Waals surface area contributed by atoms with Crippen LogP contribution in [0.3, 0.4) is 0 Å². The van der Waals surface area contributed by atoms with Gasteiger partial charge < -0.3 is 18.9 Å². The highest BCUT2D eigenvalue weighted by atomic mass is 16.7. The van der Waals surface area contributed by atoms with Crippen LogP contribution in [0.15, 0.2) is 86.0 Å². The Morgan fingerprint density at radius 2 is 1.12 bits per heavy atom. The van der Waals surface area contributed by atoms with Gasteiger partial charge in [-0.3, -0.25) is 0 Å². The first kappa shape index (κ1) is 24.1. The molecule has 0 amide bonds. The average Bonchev–Trinajstić information content (AvgIpc) is 2.83. The second kappa shape index (κ2) is 13.1. The van der Waals surface area contributed by atoms with Crippen LogP contribution in [0, 0.1) is 0 Å². The van der Waals surface area contributed by atoms with Crippen LogP contribution in [-0.4, -0.2) is 31.2 Å². The molecule has 2 aromatic carbocycles. The molecule has 1 saturated carbocycles. The number of hydrogen-bond acceptors (Lipinski definition) is 4. The molecular weight excluding hydrogens is 400 g/mol. The van der Waals surface area contributed by atoms with Crippen molar-refractivity contribution in [2.45, 2.75) is 62.9 Å². The number of hydrogen-bond donors (Lipinski definition) is 0. The first-order chi connectivity index (χ1) is 15.7. The van der Waals surface area contributed by atoms with Gasteiger partial charge in [0.2, 0.25) is 0 Å². The number of para-hydroxylation sites is 2. The molecule has 0 aromatic heterocycles. The SMILES string of the molecule is C=CCC(COC1(OCC(CC=C)Oc2ccccc2)CCCCC1)Oc1ccccc1. The lowest BCUT2D eigenvalue weighted by atomic mass is 9.94. The van der Waals surface area contributed by atoms with E-state index in [2.05, 4.69) is 13.2 Å². The van der Waals surface area contributed by atoms with Crippen LogP contribution < -0.4 is 9.47 Å². The minimum absolute atomic E-state index is 0.109. The quantitative estimate of drug-likeness (QED) is 0.243. The van der Waals surface area contributed by atoms with Crippen LogP contribution in [0.4, 0.5) is 0 Å². The van der Waals surface area contributed by atoms with Gasteiger partial charge >= 0.3 is 0 Å². The summed E-state index contributed by atoms with van der Waals surface area (Å²) in [4.78, 5) is 0. The molecule has 172 valence electrons. The fourth-order valence-corrected chi connectivity index (χ4v) is 3.97. The van der Waals surface area contributed by atoms with Crippen molar-refractivity contribution >= 4 is 0 Å². The van der Waals surface area contributed by atoms with Gasteiger partial charge in [-0.2, -0.15) is 0 Å². The summed E-state index contributed by atoms with van der Waals surface area (Å²) in [6.07, 6.45) is 10.1. The zero-order chi connectivity index (χ0) is 22.5. The van der Waals surface area contributed by atoms with E-state index in [9.17, 15) is 0 Å². The van der Waals surface area contributed by atoms with Crippen molar-refractivity contribution in [3.8, 4) is 11.5 Å². The third-order valence-electron chi connectivity index (χ3n) is 5.63. The largest absolute Gasteiger partial charge is 0.488 e. The Morgan fingerprint density at radius 3 is 1.53 bits per heavy atom. The minimum Gasteiger partial charge on any atom is -0.488 e. The van der Waals surface area contributed by atoms with Crippen LogP contribution in [0.1, 0.15) is 44.9 Å². The van der Waals surface area contributed by atoms with E-state index in [0.717, 1.165) is 37.2 Å². The minimum atomic E-state index is -0.600. The van der Waals surface area contributed by atoms with Gasteiger partial charge in [-0.1, -0.05) is 55.0 Å².